The molecule has 0 fully saturated rings. The summed E-state index contributed by atoms with van der Waals surface area (Å²) in [6.45, 7) is 1.36. The van der Waals surface area contributed by atoms with Crippen LogP contribution in [0.4, 0.5) is 0 Å². The molecule has 224 valence electrons. The number of aromatic amines is 1. The van der Waals surface area contributed by atoms with Crippen LogP contribution >= 0.6 is 0 Å². The van der Waals surface area contributed by atoms with Crippen molar-refractivity contribution in [3.63, 3.8) is 0 Å². The molecule has 0 radical (unpaired) electrons. The molecule has 2 aromatic rings. The van der Waals surface area contributed by atoms with Gasteiger partial charge in [0.05, 0.1) is 18.6 Å². The van der Waals surface area contributed by atoms with E-state index in [1.165, 1.54) is 0 Å². The molecule has 5 atom stereocenters. The third-order valence-corrected chi connectivity index (χ3v) is 6.09. The van der Waals surface area contributed by atoms with Gasteiger partial charge in [0.25, 0.3) is 0 Å². The minimum absolute atomic E-state index is 0.0604. The van der Waals surface area contributed by atoms with Crippen LogP contribution in [0.1, 0.15) is 31.7 Å². The van der Waals surface area contributed by atoms with E-state index in [0.29, 0.717) is 12.0 Å². The van der Waals surface area contributed by atoms with E-state index in [9.17, 15) is 39.3 Å². The lowest BCUT2D eigenvalue weighted by Crippen LogP contribution is -2.59. The highest BCUT2D eigenvalue weighted by Gasteiger charge is 2.33. The summed E-state index contributed by atoms with van der Waals surface area (Å²) in [5.74, 6) is -5.89. The largest absolute Gasteiger partial charge is 0.481 e. The summed E-state index contributed by atoms with van der Waals surface area (Å²) in [5, 5.41) is 35.9. The van der Waals surface area contributed by atoms with E-state index in [-0.39, 0.29) is 25.3 Å². The van der Waals surface area contributed by atoms with Gasteiger partial charge in [-0.05, 0) is 31.4 Å². The van der Waals surface area contributed by atoms with Crippen molar-refractivity contribution in [1.29, 1.82) is 0 Å². The van der Waals surface area contributed by atoms with Crippen molar-refractivity contribution in [3.05, 3.63) is 36.0 Å². The Morgan fingerprint density at radius 3 is 2.22 bits per heavy atom. The summed E-state index contributed by atoms with van der Waals surface area (Å²) in [6.07, 6.45) is -0.268. The summed E-state index contributed by atoms with van der Waals surface area (Å²) in [7, 11) is 0. The first kappa shape index (κ1) is 32.5. The Kier molecular flexibility index (Phi) is 12.0. The molecule has 41 heavy (non-hydrogen) atoms. The zero-order valence-corrected chi connectivity index (χ0v) is 22.4. The maximum absolute atomic E-state index is 13.4. The van der Waals surface area contributed by atoms with Crippen LogP contribution in [0.3, 0.4) is 0 Å². The fourth-order valence-electron chi connectivity index (χ4n) is 3.96. The molecule has 0 saturated heterocycles. The number of nitrogens with zero attached hydrogens (tertiary/aromatic N) is 1. The van der Waals surface area contributed by atoms with Gasteiger partial charge < -0.3 is 53.5 Å². The maximum atomic E-state index is 13.4. The van der Waals surface area contributed by atoms with E-state index in [1.54, 1.807) is 18.3 Å². The van der Waals surface area contributed by atoms with Gasteiger partial charge in [-0.25, -0.2) is 4.79 Å². The van der Waals surface area contributed by atoms with Gasteiger partial charge in [-0.2, -0.15) is 0 Å². The number of hydrogen-bond donors (Lipinski definition) is 10. The number of carbonyl (C=O) groups is 5. The molecule has 13 N–H and O–H groups in total. The van der Waals surface area contributed by atoms with Crippen molar-refractivity contribution in [2.75, 3.05) is 6.54 Å². The second-order valence-corrected chi connectivity index (χ2v) is 9.40. The highest BCUT2D eigenvalue weighted by Crippen LogP contribution is 2.19. The van der Waals surface area contributed by atoms with Gasteiger partial charge in [-0.3, -0.25) is 24.2 Å². The number of para-hydroxylation sites is 1. The van der Waals surface area contributed by atoms with Gasteiger partial charge >= 0.3 is 11.9 Å². The minimum atomic E-state index is -1.76. The number of carboxylic acid groups (broad SMARTS) is 2. The van der Waals surface area contributed by atoms with Crippen LogP contribution in [0.25, 0.3) is 10.9 Å². The van der Waals surface area contributed by atoms with Gasteiger partial charge in [0.2, 0.25) is 17.7 Å². The number of benzene rings is 1. The lowest BCUT2D eigenvalue weighted by atomic mass is 10.0. The molecular weight excluding hydrogens is 540 g/mol. The number of H-pyrrole nitrogens is 1. The number of aliphatic imine (C=N–C) groups is 1. The van der Waals surface area contributed by atoms with Crippen LogP contribution in [0.15, 0.2) is 35.5 Å². The first-order valence-electron chi connectivity index (χ1n) is 12.7. The molecule has 0 bridgehead atoms. The monoisotopic (exact) mass is 576 g/mol. The number of amides is 3. The van der Waals surface area contributed by atoms with E-state index in [4.69, 9.17) is 17.2 Å². The molecule has 1 heterocycles. The number of carbonyl (C=O) groups excluding carboxylic acids is 3. The first-order valence-corrected chi connectivity index (χ1v) is 12.7. The number of aromatic nitrogens is 1. The summed E-state index contributed by atoms with van der Waals surface area (Å²) in [4.78, 5) is 68.8. The maximum Gasteiger partial charge on any atom is 0.328 e. The average Bonchev–Trinajstić information content (AvgIpc) is 3.30. The molecule has 1 aromatic carbocycles. The number of nitrogens with one attached hydrogen (secondary N) is 4. The number of aliphatic hydroxyl groups excluding tert-OH is 1. The van der Waals surface area contributed by atoms with Crippen molar-refractivity contribution in [2.24, 2.45) is 22.2 Å². The van der Waals surface area contributed by atoms with Gasteiger partial charge in [0, 0.05) is 30.1 Å². The Labute approximate surface area is 234 Å². The van der Waals surface area contributed by atoms with Crippen molar-refractivity contribution in [1.82, 2.24) is 20.9 Å². The van der Waals surface area contributed by atoms with Crippen molar-refractivity contribution in [3.8, 4) is 0 Å². The summed E-state index contributed by atoms with van der Waals surface area (Å²) in [6, 6.07) is 1.38. The van der Waals surface area contributed by atoms with Gasteiger partial charge in [-0.15, -0.1) is 0 Å². The van der Waals surface area contributed by atoms with E-state index in [2.05, 4.69) is 20.6 Å². The van der Waals surface area contributed by atoms with E-state index < -0.39 is 66.4 Å². The molecule has 0 aliphatic heterocycles. The standard InChI is InChI=1S/C25H36N8O8/c1-12(34)20(24(40)41)33-23(39)18(10-19(35)36)32-22(38)17(9-13-11-30-16-7-3-2-5-14(13)16)31-21(37)15(26)6-4-8-29-25(27)28/h2-3,5,7,11-12,15,17-18,20,30,34H,4,6,8-10,26H2,1H3,(H,31,37)(H,32,38)(H,33,39)(H,35,36)(H,40,41)(H4,27,28,29). The predicted molar refractivity (Wildman–Crippen MR) is 147 cm³/mol. The third kappa shape index (κ3) is 10.1. The molecular formula is C25H36N8O8. The van der Waals surface area contributed by atoms with Crippen molar-refractivity contribution < 1.29 is 39.3 Å². The average molecular weight is 577 g/mol. The first-order chi connectivity index (χ1) is 19.3. The molecule has 16 heteroatoms. The second kappa shape index (κ2) is 15.2. The Morgan fingerprint density at radius 2 is 1.61 bits per heavy atom. The summed E-state index contributed by atoms with van der Waals surface area (Å²) in [5.41, 5.74) is 18.0. The smallest absolute Gasteiger partial charge is 0.328 e. The number of rotatable bonds is 16. The molecule has 5 unspecified atom stereocenters. The Hall–Kier alpha value is -4.70. The number of carboxylic acids is 2. The normalized spacial score (nSPS) is 14.6. The Balaban J connectivity index is 2.27. The third-order valence-electron chi connectivity index (χ3n) is 6.09. The van der Waals surface area contributed by atoms with E-state index in [0.717, 1.165) is 17.8 Å². The quantitative estimate of drug-likeness (QED) is 0.0565. The van der Waals surface area contributed by atoms with Crippen LogP contribution in [-0.2, 0) is 30.4 Å². The Morgan fingerprint density at radius 1 is 0.976 bits per heavy atom. The minimum Gasteiger partial charge on any atom is -0.481 e. The fourth-order valence-corrected chi connectivity index (χ4v) is 3.96. The topological polar surface area (TPSA) is 288 Å². The molecule has 3 amide bonds. The summed E-state index contributed by atoms with van der Waals surface area (Å²) < 4.78 is 0. The fraction of sp³-hybridized carbons (Fsp3) is 0.440. The molecule has 16 nitrogen and oxygen atoms in total. The second-order valence-electron chi connectivity index (χ2n) is 9.40. The molecule has 0 spiro atoms. The lowest BCUT2D eigenvalue weighted by molar-refractivity contribution is -0.146. The number of guanidine groups is 1. The van der Waals surface area contributed by atoms with Crippen LogP contribution in [0.2, 0.25) is 0 Å². The zero-order chi connectivity index (χ0) is 30.7. The molecule has 1 aromatic heterocycles. The van der Waals surface area contributed by atoms with Gasteiger partial charge in [0.1, 0.15) is 12.1 Å². The molecule has 2 rings (SSSR count). The van der Waals surface area contributed by atoms with Crippen molar-refractivity contribution in [2.45, 2.75) is 62.9 Å². The van der Waals surface area contributed by atoms with E-state index in [1.807, 2.05) is 17.4 Å². The lowest BCUT2D eigenvalue weighted by Gasteiger charge is -2.25. The predicted octanol–water partition coefficient (Wildman–Crippen LogP) is -2.51. The number of aliphatic carboxylic acids is 2. The molecule has 0 saturated carbocycles. The van der Waals surface area contributed by atoms with Crippen LogP contribution in [0.5, 0.6) is 0 Å². The zero-order valence-electron chi connectivity index (χ0n) is 22.4. The molecule has 0 aliphatic carbocycles. The van der Waals surface area contributed by atoms with E-state index >= 15 is 0 Å². The van der Waals surface area contributed by atoms with Crippen LogP contribution < -0.4 is 33.2 Å². The SMILES string of the molecule is CC(O)C(NC(=O)C(CC(=O)O)NC(=O)C(Cc1c[nH]c2ccccc12)NC(=O)C(N)CCCN=C(N)N)C(=O)O. The molecule has 0 aliphatic rings. The van der Waals surface area contributed by atoms with Crippen LogP contribution in [-0.4, -0.2) is 92.7 Å². The summed E-state index contributed by atoms with van der Waals surface area (Å²) >= 11 is 0. The number of nitrogens with two attached hydrogens (primary N) is 3. The Bertz CT molecular complexity index is 1270. The number of fused-ring (bicyclic) bond motifs is 1. The number of aliphatic hydroxyl groups is 1. The highest BCUT2D eigenvalue weighted by molar-refractivity contribution is 5.96. The van der Waals surface area contributed by atoms with Crippen LogP contribution in [0, 0.1) is 0 Å². The number of hydrogen-bond acceptors (Lipinski definition) is 8. The van der Waals surface area contributed by atoms with Gasteiger partial charge in [-0.1, -0.05) is 18.2 Å². The van der Waals surface area contributed by atoms with Gasteiger partial charge in [0.15, 0.2) is 12.0 Å². The highest BCUT2D eigenvalue weighted by atomic mass is 16.4. The van der Waals surface area contributed by atoms with Crippen molar-refractivity contribution >= 4 is 46.5 Å².